The number of aryl methyl sites for hydroxylation is 1. The molecule has 2 aliphatic rings. The number of hydrogen-bond donors (Lipinski definition) is 1. The van der Waals surface area contributed by atoms with Crippen LogP contribution in [0.1, 0.15) is 48.3 Å². The van der Waals surface area contributed by atoms with E-state index in [0.29, 0.717) is 18.4 Å². The zero-order valence-electron chi connectivity index (χ0n) is 16.9. The van der Waals surface area contributed by atoms with E-state index in [0.717, 1.165) is 62.0 Å². The maximum absolute atomic E-state index is 13.0. The Kier molecular flexibility index (Phi) is 4.87. The maximum Gasteiger partial charge on any atom is 0.227 e. The standard InChI is InChI=1S/C23H28N4O2/c1-16-13-25-23(17-7-10-29-11-8-17)27(16)19-6-9-26(15-19)22(28)12-18-14-24-21-5-3-2-4-20(18)21/h2-5,13-14,17,19,24H,6-12,15H2,1H3. The highest BCUT2D eigenvalue weighted by molar-refractivity contribution is 5.89. The molecule has 1 unspecified atom stereocenters. The molecule has 29 heavy (non-hydrogen) atoms. The molecule has 0 spiro atoms. The Morgan fingerprint density at radius 3 is 2.93 bits per heavy atom. The largest absolute Gasteiger partial charge is 0.381 e. The van der Waals surface area contributed by atoms with Gasteiger partial charge in [0.25, 0.3) is 0 Å². The van der Waals surface area contributed by atoms with Gasteiger partial charge in [0.15, 0.2) is 0 Å². The van der Waals surface area contributed by atoms with E-state index in [1.165, 1.54) is 11.5 Å². The number of H-pyrrole nitrogens is 1. The third-order valence-corrected chi connectivity index (χ3v) is 6.49. The smallest absolute Gasteiger partial charge is 0.227 e. The van der Waals surface area contributed by atoms with Gasteiger partial charge in [-0.15, -0.1) is 0 Å². The van der Waals surface area contributed by atoms with Crippen LogP contribution in [0.5, 0.6) is 0 Å². The predicted molar refractivity (Wildman–Crippen MR) is 112 cm³/mol. The van der Waals surface area contributed by atoms with Crippen molar-refractivity contribution in [2.24, 2.45) is 0 Å². The predicted octanol–water partition coefficient (Wildman–Crippen LogP) is 3.58. The first-order chi connectivity index (χ1) is 14.2. The number of likely N-dealkylation sites (tertiary alicyclic amines) is 1. The number of carbonyl (C=O) groups excluding carboxylic acids is 1. The van der Waals surface area contributed by atoms with Crippen LogP contribution in [0.15, 0.2) is 36.7 Å². The van der Waals surface area contributed by atoms with Crippen molar-refractivity contribution in [3.05, 3.63) is 53.7 Å². The van der Waals surface area contributed by atoms with Crippen LogP contribution in [-0.4, -0.2) is 51.6 Å². The Bertz CT molecular complexity index is 1010. The molecule has 1 atom stereocenters. The second-order valence-corrected chi connectivity index (χ2v) is 8.33. The SMILES string of the molecule is Cc1cnc(C2CCOCC2)n1C1CCN(C(=O)Cc2c[nH]c3ccccc23)C1. The number of fused-ring (bicyclic) bond motifs is 1. The molecule has 0 saturated carbocycles. The fourth-order valence-electron chi connectivity index (χ4n) is 4.93. The minimum Gasteiger partial charge on any atom is -0.381 e. The summed E-state index contributed by atoms with van der Waals surface area (Å²) in [5.74, 6) is 1.86. The average molecular weight is 393 g/mol. The number of nitrogens with one attached hydrogen (secondary N) is 1. The van der Waals surface area contributed by atoms with Gasteiger partial charge < -0.3 is 19.2 Å². The van der Waals surface area contributed by atoms with E-state index in [4.69, 9.17) is 9.72 Å². The lowest BCUT2D eigenvalue weighted by atomic mass is 9.99. The second-order valence-electron chi connectivity index (χ2n) is 8.33. The van der Waals surface area contributed by atoms with Crippen LogP contribution in [0.25, 0.3) is 10.9 Å². The van der Waals surface area contributed by atoms with E-state index in [-0.39, 0.29) is 5.91 Å². The number of amides is 1. The minimum absolute atomic E-state index is 0.211. The summed E-state index contributed by atoms with van der Waals surface area (Å²) in [5.41, 5.74) is 3.36. The number of benzene rings is 1. The van der Waals surface area contributed by atoms with Crippen molar-refractivity contribution < 1.29 is 9.53 Å². The lowest BCUT2D eigenvalue weighted by Gasteiger charge is -2.26. The van der Waals surface area contributed by atoms with Gasteiger partial charge in [-0.2, -0.15) is 0 Å². The van der Waals surface area contributed by atoms with Gasteiger partial charge >= 0.3 is 0 Å². The molecule has 2 aliphatic heterocycles. The number of ether oxygens (including phenoxy) is 1. The molecule has 3 aromatic rings. The van der Waals surface area contributed by atoms with E-state index < -0.39 is 0 Å². The number of nitrogens with zero attached hydrogens (tertiary/aromatic N) is 3. The molecule has 6 heteroatoms. The Labute approximate surface area is 170 Å². The zero-order valence-corrected chi connectivity index (χ0v) is 16.9. The molecule has 1 amide bonds. The van der Waals surface area contributed by atoms with Crippen LogP contribution in [0.2, 0.25) is 0 Å². The molecule has 0 radical (unpaired) electrons. The molecule has 0 aliphatic carbocycles. The summed E-state index contributed by atoms with van der Waals surface area (Å²) < 4.78 is 7.93. The number of para-hydroxylation sites is 1. The monoisotopic (exact) mass is 392 g/mol. The summed E-state index contributed by atoms with van der Waals surface area (Å²) >= 11 is 0. The van der Waals surface area contributed by atoms with Crippen molar-refractivity contribution in [1.82, 2.24) is 19.4 Å². The first kappa shape index (κ1) is 18.4. The summed E-state index contributed by atoms with van der Waals surface area (Å²) in [4.78, 5) is 23.1. The number of aromatic amines is 1. The highest BCUT2D eigenvalue weighted by Gasteiger charge is 2.31. The lowest BCUT2D eigenvalue weighted by molar-refractivity contribution is -0.129. The van der Waals surface area contributed by atoms with E-state index in [1.54, 1.807) is 0 Å². The minimum atomic E-state index is 0.211. The molecule has 2 fully saturated rings. The molecule has 0 bridgehead atoms. The van der Waals surface area contributed by atoms with Gasteiger partial charge in [-0.3, -0.25) is 4.79 Å². The fraction of sp³-hybridized carbons (Fsp3) is 0.478. The van der Waals surface area contributed by atoms with E-state index >= 15 is 0 Å². The van der Waals surface area contributed by atoms with Crippen molar-refractivity contribution in [1.29, 1.82) is 0 Å². The molecule has 1 N–H and O–H groups in total. The molecule has 5 rings (SSSR count). The van der Waals surface area contributed by atoms with Gasteiger partial charge in [0.2, 0.25) is 5.91 Å². The fourth-order valence-corrected chi connectivity index (χ4v) is 4.93. The molecule has 152 valence electrons. The number of rotatable bonds is 4. The van der Waals surface area contributed by atoms with Crippen LogP contribution < -0.4 is 0 Å². The van der Waals surface area contributed by atoms with Crippen molar-refractivity contribution >= 4 is 16.8 Å². The Morgan fingerprint density at radius 1 is 1.24 bits per heavy atom. The van der Waals surface area contributed by atoms with E-state index in [2.05, 4.69) is 28.6 Å². The van der Waals surface area contributed by atoms with E-state index in [9.17, 15) is 4.79 Å². The summed E-state index contributed by atoms with van der Waals surface area (Å²) in [7, 11) is 0. The number of hydrogen-bond acceptors (Lipinski definition) is 3. The van der Waals surface area contributed by atoms with Gasteiger partial charge in [0.1, 0.15) is 5.82 Å². The first-order valence-corrected chi connectivity index (χ1v) is 10.6. The third-order valence-electron chi connectivity index (χ3n) is 6.49. The molecule has 2 aromatic heterocycles. The van der Waals surface area contributed by atoms with Gasteiger partial charge in [-0.25, -0.2) is 4.98 Å². The summed E-state index contributed by atoms with van der Waals surface area (Å²) in [6.07, 6.45) is 7.47. The van der Waals surface area contributed by atoms with Crippen LogP contribution in [0.3, 0.4) is 0 Å². The van der Waals surface area contributed by atoms with Crippen LogP contribution in [0.4, 0.5) is 0 Å². The quantitative estimate of drug-likeness (QED) is 0.738. The van der Waals surface area contributed by atoms with Crippen molar-refractivity contribution in [2.45, 2.75) is 44.6 Å². The third kappa shape index (κ3) is 3.46. The molecule has 2 saturated heterocycles. The normalized spacial score (nSPS) is 20.6. The zero-order chi connectivity index (χ0) is 19.8. The Balaban J connectivity index is 1.30. The molecular weight excluding hydrogens is 364 g/mol. The number of carbonyl (C=O) groups is 1. The van der Waals surface area contributed by atoms with Crippen LogP contribution >= 0.6 is 0 Å². The highest BCUT2D eigenvalue weighted by atomic mass is 16.5. The highest BCUT2D eigenvalue weighted by Crippen LogP contribution is 2.32. The van der Waals surface area contributed by atoms with Crippen molar-refractivity contribution in [2.75, 3.05) is 26.3 Å². The summed E-state index contributed by atoms with van der Waals surface area (Å²) in [5, 5.41) is 1.14. The summed E-state index contributed by atoms with van der Waals surface area (Å²) in [6, 6.07) is 8.49. The lowest BCUT2D eigenvalue weighted by Crippen LogP contribution is -2.31. The average Bonchev–Trinajstić information content (AvgIpc) is 3.47. The summed E-state index contributed by atoms with van der Waals surface area (Å²) in [6.45, 7) is 5.35. The number of imidazole rings is 1. The van der Waals surface area contributed by atoms with Crippen molar-refractivity contribution in [3.8, 4) is 0 Å². The topological polar surface area (TPSA) is 63.1 Å². The Morgan fingerprint density at radius 2 is 2.07 bits per heavy atom. The first-order valence-electron chi connectivity index (χ1n) is 10.6. The molecule has 4 heterocycles. The van der Waals surface area contributed by atoms with Crippen molar-refractivity contribution in [3.63, 3.8) is 0 Å². The Hall–Kier alpha value is -2.60. The van der Waals surface area contributed by atoms with E-state index in [1.807, 2.05) is 29.4 Å². The molecule has 6 nitrogen and oxygen atoms in total. The molecule has 1 aromatic carbocycles. The van der Waals surface area contributed by atoms with Gasteiger partial charge in [-0.05, 0) is 37.8 Å². The van der Waals surface area contributed by atoms with Crippen LogP contribution in [-0.2, 0) is 16.0 Å². The van der Waals surface area contributed by atoms with Crippen LogP contribution in [0, 0.1) is 6.92 Å². The van der Waals surface area contributed by atoms with Gasteiger partial charge in [0, 0.05) is 61.2 Å². The maximum atomic E-state index is 13.0. The molecular formula is C23H28N4O2. The second kappa shape index (κ2) is 7.67. The number of aromatic nitrogens is 3. The van der Waals surface area contributed by atoms with Gasteiger partial charge in [0.05, 0.1) is 12.5 Å². The van der Waals surface area contributed by atoms with Gasteiger partial charge in [-0.1, -0.05) is 18.2 Å².